The van der Waals surface area contributed by atoms with Crippen LogP contribution in [-0.2, 0) is 0 Å². The van der Waals surface area contributed by atoms with Gasteiger partial charge in [-0.15, -0.1) is 0 Å². The minimum atomic E-state index is 0.365. The fourth-order valence-electron chi connectivity index (χ4n) is 3.15. The summed E-state index contributed by atoms with van der Waals surface area (Å²) in [6.45, 7) is 4.47. The van der Waals surface area contributed by atoms with E-state index < -0.39 is 0 Å². The molecule has 0 bridgehead atoms. The molecule has 0 heterocycles. The molecule has 0 aromatic heterocycles. The fraction of sp³-hybridized carbons (Fsp3) is 0.640. The van der Waals surface area contributed by atoms with Crippen molar-refractivity contribution < 1.29 is 0 Å². The molecule has 0 unspecified atom stereocenters. The molecule has 1 rings (SSSR count). The largest absolute Gasteiger partial charge is 0.289 e. The Hall–Kier alpha value is -1.37. The molecule has 0 spiro atoms. The SMILES string of the molecule is CCCCCCCCCCCCCC=CC[C@H](C)N=Cc1ccccc1. The third-order valence-corrected chi connectivity index (χ3v) is 4.90. The first kappa shape index (κ1) is 22.7. The molecule has 0 amide bonds. The second-order valence-corrected chi connectivity index (χ2v) is 7.57. The molecule has 1 nitrogen and oxygen atoms in total. The van der Waals surface area contributed by atoms with Gasteiger partial charge < -0.3 is 0 Å². The number of benzene rings is 1. The van der Waals surface area contributed by atoms with Crippen LogP contribution in [0.15, 0.2) is 47.5 Å². The number of aliphatic imine (C=N–C) groups is 1. The number of hydrogen-bond acceptors (Lipinski definition) is 1. The lowest BCUT2D eigenvalue weighted by Gasteiger charge is -2.02. The smallest absolute Gasteiger partial charge is 0.0506 e. The number of hydrogen-bond donors (Lipinski definition) is 0. The van der Waals surface area contributed by atoms with Crippen LogP contribution < -0.4 is 0 Å². The molecule has 1 heteroatoms. The minimum absolute atomic E-state index is 0.365. The maximum absolute atomic E-state index is 4.62. The lowest BCUT2D eigenvalue weighted by Crippen LogP contribution is -1.96. The van der Waals surface area contributed by atoms with E-state index in [0.29, 0.717) is 6.04 Å². The normalized spacial score (nSPS) is 13.0. The third-order valence-electron chi connectivity index (χ3n) is 4.90. The van der Waals surface area contributed by atoms with Crippen molar-refractivity contribution in [2.45, 2.75) is 103 Å². The van der Waals surface area contributed by atoms with Gasteiger partial charge in [0.25, 0.3) is 0 Å². The molecule has 0 saturated carbocycles. The van der Waals surface area contributed by atoms with Crippen molar-refractivity contribution in [3.8, 4) is 0 Å². The molecule has 0 radical (unpaired) electrons. The number of allylic oxidation sites excluding steroid dienone is 1. The third kappa shape index (κ3) is 13.9. The van der Waals surface area contributed by atoms with E-state index in [2.05, 4.69) is 55.3 Å². The highest BCUT2D eigenvalue weighted by molar-refractivity contribution is 5.79. The van der Waals surface area contributed by atoms with Crippen molar-refractivity contribution in [3.63, 3.8) is 0 Å². The highest BCUT2D eigenvalue weighted by Gasteiger charge is 1.95. The van der Waals surface area contributed by atoms with Crippen molar-refractivity contribution in [1.82, 2.24) is 0 Å². The Balaban J connectivity index is 1.89. The lowest BCUT2D eigenvalue weighted by atomic mass is 10.1. The summed E-state index contributed by atoms with van der Waals surface area (Å²) in [4.78, 5) is 4.62. The van der Waals surface area contributed by atoms with Gasteiger partial charge in [-0.25, -0.2) is 0 Å². The van der Waals surface area contributed by atoms with E-state index in [1.165, 1.54) is 82.6 Å². The molecule has 0 aliphatic heterocycles. The summed E-state index contributed by atoms with van der Waals surface area (Å²) in [5.41, 5.74) is 1.18. The van der Waals surface area contributed by atoms with Gasteiger partial charge in [0, 0.05) is 6.21 Å². The molecule has 0 aliphatic carbocycles. The van der Waals surface area contributed by atoms with Gasteiger partial charge in [-0.3, -0.25) is 4.99 Å². The Labute approximate surface area is 163 Å². The van der Waals surface area contributed by atoms with Gasteiger partial charge in [0.05, 0.1) is 6.04 Å². The first-order valence-electron chi connectivity index (χ1n) is 11.1. The fourth-order valence-corrected chi connectivity index (χ4v) is 3.15. The van der Waals surface area contributed by atoms with Crippen LogP contribution in [-0.4, -0.2) is 12.3 Å². The van der Waals surface area contributed by atoms with Gasteiger partial charge in [0.2, 0.25) is 0 Å². The molecule has 0 saturated heterocycles. The average Bonchev–Trinajstić information content (AvgIpc) is 2.67. The van der Waals surface area contributed by atoms with Crippen LogP contribution in [0, 0.1) is 0 Å². The molecule has 0 fully saturated rings. The van der Waals surface area contributed by atoms with Crippen LogP contribution in [0.2, 0.25) is 0 Å². The topological polar surface area (TPSA) is 12.4 Å². The molecule has 1 aromatic carbocycles. The first-order chi connectivity index (χ1) is 12.8. The van der Waals surface area contributed by atoms with Crippen LogP contribution in [0.4, 0.5) is 0 Å². The van der Waals surface area contributed by atoms with Gasteiger partial charge in [-0.1, -0.05) is 114 Å². The van der Waals surface area contributed by atoms with Crippen molar-refractivity contribution in [2.75, 3.05) is 0 Å². The van der Waals surface area contributed by atoms with E-state index in [4.69, 9.17) is 0 Å². The quantitative estimate of drug-likeness (QED) is 0.161. The lowest BCUT2D eigenvalue weighted by molar-refractivity contribution is 0.550. The Morgan fingerprint density at radius 1 is 0.769 bits per heavy atom. The Morgan fingerprint density at radius 2 is 1.35 bits per heavy atom. The number of nitrogens with zero attached hydrogens (tertiary/aromatic N) is 1. The van der Waals surface area contributed by atoms with E-state index >= 15 is 0 Å². The molecule has 1 atom stereocenters. The van der Waals surface area contributed by atoms with Gasteiger partial charge in [0.1, 0.15) is 0 Å². The first-order valence-corrected chi connectivity index (χ1v) is 11.1. The van der Waals surface area contributed by atoms with Gasteiger partial charge >= 0.3 is 0 Å². The zero-order chi connectivity index (χ0) is 18.7. The zero-order valence-corrected chi connectivity index (χ0v) is 17.3. The molecule has 26 heavy (non-hydrogen) atoms. The molecule has 0 N–H and O–H groups in total. The average molecular weight is 356 g/mol. The highest BCUT2D eigenvalue weighted by atomic mass is 14.7. The maximum Gasteiger partial charge on any atom is 0.0506 e. The van der Waals surface area contributed by atoms with E-state index in [0.717, 1.165) is 6.42 Å². The number of rotatable bonds is 16. The molecule has 146 valence electrons. The van der Waals surface area contributed by atoms with Gasteiger partial charge in [0.15, 0.2) is 0 Å². The molecule has 1 aromatic rings. The summed E-state index contributed by atoms with van der Waals surface area (Å²) in [7, 11) is 0. The van der Waals surface area contributed by atoms with Crippen molar-refractivity contribution in [3.05, 3.63) is 48.0 Å². The van der Waals surface area contributed by atoms with Gasteiger partial charge in [-0.2, -0.15) is 0 Å². The summed E-state index contributed by atoms with van der Waals surface area (Å²) in [6.07, 6.45) is 24.5. The predicted octanol–water partition coefficient (Wildman–Crippen LogP) is 8.14. The Kier molecular flexibility index (Phi) is 14.9. The van der Waals surface area contributed by atoms with Crippen LogP contribution in [0.3, 0.4) is 0 Å². The monoisotopic (exact) mass is 355 g/mol. The summed E-state index contributed by atoms with van der Waals surface area (Å²) in [6, 6.07) is 10.7. The van der Waals surface area contributed by atoms with E-state index in [9.17, 15) is 0 Å². The summed E-state index contributed by atoms with van der Waals surface area (Å²) in [5.74, 6) is 0. The highest BCUT2D eigenvalue weighted by Crippen LogP contribution is 2.12. The van der Waals surface area contributed by atoms with Crippen LogP contribution in [0.25, 0.3) is 0 Å². The van der Waals surface area contributed by atoms with E-state index in [-0.39, 0.29) is 0 Å². The minimum Gasteiger partial charge on any atom is -0.289 e. The second-order valence-electron chi connectivity index (χ2n) is 7.57. The summed E-state index contributed by atoms with van der Waals surface area (Å²) < 4.78 is 0. The van der Waals surface area contributed by atoms with Crippen molar-refractivity contribution in [1.29, 1.82) is 0 Å². The molecular formula is C25H41N. The Morgan fingerprint density at radius 3 is 1.96 bits per heavy atom. The summed E-state index contributed by atoms with van der Waals surface area (Å²) >= 11 is 0. The summed E-state index contributed by atoms with van der Waals surface area (Å²) in [5, 5.41) is 0. The number of unbranched alkanes of at least 4 members (excludes halogenated alkanes) is 11. The molecular weight excluding hydrogens is 314 g/mol. The van der Waals surface area contributed by atoms with E-state index in [1.807, 2.05) is 12.3 Å². The van der Waals surface area contributed by atoms with E-state index in [1.54, 1.807) is 0 Å². The second kappa shape index (κ2) is 17.1. The van der Waals surface area contributed by atoms with Crippen LogP contribution >= 0.6 is 0 Å². The predicted molar refractivity (Wildman–Crippen MR) is 118 cm³/mol. The van der Waals surface area contributed by atoms with Crippen LogP contribution in [0.5, 0.6) is 0 Å². The zero-order valence-electron chi connectivity index (χ0n) is 17.3. The molecule has 0 aliphatic rings. The Bertz CT molecular complexity index is 460. The van der Waals surface area contributed by atoms with Crippen molar-refractivity contribution in [2.24, 2.45) is 4.99 Å². The van der Waals surface area contributed by atoms with Crippen LogP contribution in [0.1, 0.15) is 103 Å². The standard InChI is InChI=1S/C25H41N/c1-3-4-5-6-7-8-9-10-11-12-13-14-15-17-20-24(2)26-23-25-21-18-16-19-22-25/h15-19,21-24H,3-14,20H2,1-2H3/t24-/m0/s1. The maximum atomic E-state index is 4.62. The van der Waals surface area contributed by atoms with Crippen molar-refractivity contribution >= 4 is 6.21 Å². The van der Waals surface area contributed by atoms with Gasteiger partial charge in [-0.05, 0) is 31.7 Å².